The Hall–Kier alpha value is -1.18. The fraction of sp³-hybridized carbons (Fsp3) is 0.917. The van der Waals surface area contributed by atoms with Crippen molar-refractivity contribution in [3.05, 3.63) is 12.2 Å². The molecule has 3 unspecified atom stereocenters. The standard InChI is InChI=1S/C48H92O14P2/c1-4-5-6-7-24-29-34-45-46(62-45)35-30-25-22-27-31-36-47(50)57-40-44(41-60-64(55,56)59-39-43(49)38-58-63(52,53)54)61-48(51)37-32-26-21-19-17-15-13-11-9-8-10-12-14-16-18-20-23-28-33-42(2)3/h24,29,42-46,49H,4-23,25-28,30-41H2,1-3H3,(H,55,56)(H2,52,53,54)/b29-24-/t43-,44+,45?,46?/m0/s1. The minimum absolute atomic E-state index is 0.130. The van der Waals surface area contributed by atoms with Crippen molar-refractivity contribution in [3.8, 4) is 0 Å². The van der Waals surface area contributed by atoms with Crippen LogP contribution in [0.3, 0.4) is 0 Å². The number of phosphoric acid groups is 2. The van der Waals surface area contributed by atoms with E-state index >= 15 is 0 Å². The zero-order valence-electron chi connectivity index (χ0n) is 40.3. The van der Waals surface area contributed by atoms with Gasteiger partial charge in [0, 0.05) is 12.8 Å². The molecular weight excluding hydrogens is 862 g/mol. The number of phosphoric ester groups is 2. The van der Waals surface area contributed by atoms with Crippen molar-refractivity contribution in [3.63, 3.8) is 0 Å². The minimum atomic E-state index is -4.87. The number of hydrogen-bond donors (Lipinski definition) is 4. The molecule has 1 heterocycles. The highest BCUT2D eigenvalue weighted by atomic mass is 31.2. The van der Waals surface area contributed by atoms with Gasteiger partial charge in [-0.1, -0.05) is 187 Å². The number of hydrogen-bond acceptors (Lipinski definition) is 11. The predicted molar refractivity (Wildman–Crippen MR) is 253 cm³/mol. The van der Waals surface area contributed by atoms with Crippen LogP contribution in [0.4, 0.5) is 0 Å². The van der Waals surface area contributed by atoms with E-state index in [9.17, 15) is 28.7 Å². The molecule has 0 bridgehead atoms. The SMILES string of the molecule is CCCCC/C=C\CC1OC1CCCCCCCC(=O)OC[C@H](COP(=O)(O)OC[C@@H](O)COP(=O)(O)O)OC(=O)CCCCCCCCCCCCCCCCCCCCC(C)C. The Morgan fingerprint density at radius 1 is 0.578 bits per heavy atom. The van der Waals surface area contributed by atoms with Crippen molar-refractivity contribution in [1.82, 2.24) is 0 Å². The third-order valence-electron chi connectivity index (χ3n) is 11.5. The average Bonchev–Trinajstić information content (AvgIpc) is 4.00. The average molecular weight is 955 g/mol. The molecule has 0 radical (unpaired) electrons. The second-order valence-corrected chi connectivity index (χ2v) is 21.0. The molecule has 0 aromatic carbocycles. The Bertz CT molecular complexity index is 1260. The van der Waals surface area contributed by atoms with E-state index in [1.165, 1.54) is 116 Å². The summed E-state index contributed by atoms with van der Waals surface area (Å²) in [6.07, 6.45) is 37.9. The number of aliphatic hydroxyl groups is 1. The quantitative estimate of drug-likeness (QED) is 0.0147. The number of esters is 2. The molecule has 1 aliphatic heterocycles. The van der Waals surface area contributed by atoms with Gasteiger partial charge in [0.05, 0.1) is 32.0 Å². The summed E-state index contributed by atoms with van der Waals surface area (Å²) in [4.78, 5) is 52.9. The summed E-state index contributed by atoms with van der Waals surface area (Å²) in [6.45, 7) is 4.10. The van der Waals surface area contributed by atoms with Crippen LogP contribution in [0.5, 0.6) is 0 Å². The zero-order valence-corrected chi connectivity index (χ0v) is 42.1. The van der Waals surface area contributed by atoms with Crippen molar-refractivity contribution in [2.75, 3.05) is 26.4 Å². The van der Waals surface area contributed by atoms with E-state index in [0.717, 1.165) is 70.1 Å². The Morgan fingerprint density at radius 3 is 1.59 bits per heavy atom. The molecule has 14 nitrogen and oxygen atoms in total. The smallest absolute Gasteiger partial charge is 0.462 e. The zero-order chi connectivity index (χ0) is 47.2. The number of carbonyl (C=O) groups excluding carboxylic acids is 2. The van der Waals surface area contributed by atoms with E-state index in [2.05, 4.69) is 37.4 Å². The molecule has 5 atom stereocenters. The van der Waals surface area contributed by atoms with E-state index in [0.29, 0.717) is 25.0 Å². The lowest BCUT2D eigenvalue weighted by Crippen LogP contribution is -2.30. The van der Waals surface area contributed by atoms with Crippen LogP contribution in [0.2, 0.25) is 0 Å². The maximum atomic E-state index is 12.7. The molecule has 64 heavy (non-hydrogen) atoms. The van der Waals surface area contributed by atoms with Crippen molar-refractivity contribution < 1.29 is 66.3 Å². The highest BCUT2D eigenvalue weighted by Gasteiger charge is 2.36. The second kappa shape index (κ2) is 39.8. The lowest BCUT2D eigenvalue weighted by molar-refractivity contribution is -0.161. The second-order valence-electron chi connectivity index (χ2n) is 18.3. The molecule has 1 saturated heterocycles. The highest BCUT2D eigenvalue weighted by Crippen LogP contribution is 2.44. The largest absolute Gasteiger partial charge is 0.472 e. The van der Waals surface area contributed by atoms with Crippen molar-refractivity contribution in [2.24, 2.45) is 5.92 Å². The van der Waals surface area contributed by atoms with Crippen molar-refractivity contribution >= 4 is 27.6 Å². The number of allylic oxidation sites excluding steroid dienone is 1. The molecule has 16 heteroatoms. The summed E-state index contributed by atoms with van der Waals surface area (Å²) in [5, 5.41) is 9.78. The van der Waals surface area contributed by atoms with Crippen LogP contribution in [-0.2, 0) is 46.5 Å². The van der Waals surface area contributed by atoms with Crippen molar-refractivity contribution in [1.29, 1.82) is 0 Å². The number of carbonyl (C=O) groups is 2. The first-order valence-electron chi connectivity index (χ1n) is 25.4. The van der Waals surface area contributed by atoms with E-state index in [4.69, 9.17) is 33.0 Å². The van der Waals surface area contributed by atoms with Gasteiger partial charge in [-0.05, 0) is 44.4 Å². The molecule has 0 saturated carbocycles. The Morgan fingerprint density at radius 2 is 1.06 bits per heavy atom. The van der Waals surface area contributed by atoms with Gasteiger partial charge in [0.15, 0.2) is 6.10 Å². The molecule has 0 spiro atoms. The van der Waals surface area contributed by atoms with E-state index in [1.807, 2.05) is 0 Å². The molecule has 0 aromatic heterocycles. The molecule has 1 aliphatic rings. The first-order valence-corrected chi connectivity index (χ1v) is 28.4. The lowest BCUT2D eigenvalue weighted by Gasteiger charge is -2.20. The number of aliphatic hydroxyl groups excluding tert-OH is 1. The van der Waals surface area contributed by atoms with Crippen LogP contribution in [0.1, 0.15) is 226 Å². The van der Waals surface area contributed by atoms with Gasteiger partial charge in [-0.15, -0.1) is 0 Å². The maximum Gasteiger partial charge on any atom is 0.472 e. The Balaban J connectivity index is 2.27. The summed E-state index contributed by atoms with van der Waals surface area (Å²) in [5.74, 6) is -0.211. The highest BCUT2D eigenvalue weighted by molar-refractivity contribution is 7.47. The van der Waals surface area contributed by atoms with Crippen LogP contribution < -0.4 is 0 Å². The van der Waals surface area contributed by atoms with Gasteiger partial charge < -0.3 is 34.0 Å². The first kappa shape index (κ1) is 60.8. The first-order chi connectivity index (χ1) is 30.7. The summed E-state index contributed by atoms with van der Waals surface area (Å²) < 4.78 is 53.8. The van der Waals surface area contributed by atoms with Crippen molar-refractivity contribution in [2.45, 2.75) is 251 Å². The van der Waals surface area contributed by atoms with E-state index in [1.54, 1.807) is 0 Å². The number of unbranched alkanes of at least 4 members (excludes halogenated alkanes) is 24. The normalized spacial score (nSPS) is 17.2. The van der Waals surface area contributed by atoms with Gasteiger partial charge in [0.1, 0.15) is 12.7 Å². The Kier molecular flexibility index (Phi) is 37.8. The maximum absolute atomic E-state index is 12.7. The van der Waals surface area contributed by atoms with E-state index < -0.39 is 66.2 Å². The molecule has 1 rings (SSSR count). The molecule has 0 amide bonds. The minimum Gasteiger partial charge on any atom is -0.462 e. The molecular formula is C48H92O14P2. The van der Waals surface area contributed by atoms with Gasteiger partial charge in [-0.2, -0.15) is 0 Å². The summed E-state index contributed by atoms with van der Waals surface area (Å²) in [5.41, 5.74) is 0. The fourth-order valence-corrected chi connectivity index (χ4v) is 8.70. The molecule has 4 N–H and O–H groups in total. The number of ether oxygens (including phenoxy) is 3. The van der Waals surface area contributed by atoms with Crippen LogP contribution in [0.25, 0.3) is 0 Å². The Labute approximate surface area is 387 Å². The van der Waals surface area contributed by atoms with Gasteiger partial charge in [-0.3, -0.25) is 23.2 Å². The molecule has 378 valence electrons. The number of epoxide rings is 1. The van der Waals surface area contributed by atoms with Crippen LogP contribution in [0.15, 0.2) is 12.2 Å². The summed E-state index contributed by atoms with van der Waals surface area (Å²) in [6, 6.07) is 0. The third kappa shape index (κ3) is 41.0. The van der Waals surface area contributed by atoms with E-state index in [-0.39, 0.29) is 12.8 Å². The summed E-state index contributed by atoms with van der Waals surface area (Å²) in [7, 11) is -9.68. The van der Waals surface area contributed by atoms with Crippen LogP contribution in [0, 0.1) is 5.92 Å². The fourth-order valence-electron chi connectivity index (χ4n) is 7.54. The topological polar surface area (TPSA) is 208 Å². The van der Waals surface area contributed by atoms with Crippen LogP contribution in [-0.4, -0.2) is 82.6 Å². The van der Waals surface area contributed by atoms with Gasteiger partial charge >= 0.3 is 27.6 Å². The molecule has 0 aromatic rings. The predicted octanol–water partition coefficient (Wildman–Crippen LogP) is 12.5. The summed E-state index contributed by atoms with van der Waals surface area (Å²) >= 11 is 0. The monoisotopic (exact) mass is 955 g/mol. The molecule has 0 aliphatic carbocycles. The van der Waals surface area contributed by atoms with Gasteiger partial charge in [0.25, 0.3) is 0 Å². The van der Waals surface area contributed by atoms with Crippen LogP contribution >= 0.6 is 15.6 Å². The third-order valence-corrected chi connectivity index (χ3v) is 12.9. The lowest BCUT2D eigenvalue weighted by atomic mass is 10.0. The molecule has 1 fully saturated rings. The van der Waals surface area contributed by atoms with Gasteiger partial charge in [-0.25, -0.2) is 9.13 Å². The number of rotatable bonds is 47. The van der Waals surface area contributed by atoms with Gasteiger partial charge in [0.2, 0.25) is 0 Å².